The molecule has 1 N–H and O–H groups in total. The minimum atomic E-state index is -3.03. The molecule has 132 valence electrons. The number of rotatable bonds is 5. The predicted octanol–water partition coefficient (Wildman–Crippen LogP) is 2.28. The first kappa shape index (κ1) is 17.1. The second kappa shape index (κ2) is 5.94. The zero-order valence-corrected chi connectivity index (χ0v) is 13.8. The van der Waals surface area contributed by atoms with Crippen molar-refractivity contribution in [3.05, 3.63) is 52.6 Å². The molecule has 0 bridgehead atoms. The molecule has 2 heterocycles. The first-order chi connectivity index (χ1) is 11.8. The molecule has 0 aromatic carbocycles. The van der Waals surface area contributed by atoms with Gasteiger partial charge >= 0.3 is 0 Å². The van der Waals surface area contributed by atoms with Crippen LogP contribution in [0.4, 0.5) is 14.5 Å². The van der Waals surface area contributed by atoms with E-state index < -0.39 is 29.2 Å². The summed E-state index contributed by atoms with van der Waals surface area (Å²) in [6.07, 6.45) is 1.02. The molecule has 2 aromatic heterocycles. The summed E-state index contributed by atoms with van der Waals surface area (Å²) in [6, 6.07) is 8.10. The molecule has 0 spiro atoms. The van der Waals surface area contributed by atoms with Gasteiger partial charge in [0.25, 0.3) is 11.5 Å². The van der Waals surface area contributed by atoms with Crippen molar-refractivity contribution < 1.29 is 18.3 Å². The van der Waals surface area contributed by atoms with Crippen LogP contribution in [-0.2, 0) is 11.3 Å². The summed E-state index contributed by atoms with van der Waals surface area (Å²) in [5.74, 6) is -3.47. The van der Waals surface area contributed by atoms with E-state index >= 15 is 0 Å². The van der Waals surface area contributed by atoms with Gasteiger partial charge in [-0.2, -0.15) is 0 Å². The molecule has 1 amide bonds. The second-order valence-electron chi connectivity index (χ2n) is 6.19. The molecule has 0 aliphatic heterocycles. The fourth-order valence-electron chi connectivity index (χ4n) is 2.50. The molecule has 3 rings (SSSR count). The molecule has 1 fully saturated rings. The smallest absolute Gasteiger partial charge is 0.274 e. The van der Waals surface area contributed by atoms with Crippen LogP contribution in [0.15, 0.2) is 41.3 Å². The van der Waals surface area contributed by atoms with Crippen molar-refractivity contribution in [1.29, 1.82) is 0 Å². The lowest BCUT2D eigenvalue weighted by molar-refractivity contribution is -0.123. The number of alkyl halides is 2. The van der Waals surface area contributed by atoms with Gasteiger partial charge in [-0.1, -0.05) is 6.07 Å². The van der Waals surface area contributed by atoms with Crippen LogP contribution in [0.25, 0.3) is 0 Å². The molecule has 6 nitrogen and oxygen atoms in total. The fraction of sp³-hybridized carbons (Fsp3) is 0.353. The van der Waals surface area contributed by atoms with Crippen molar-refractivity contribution in [3.63, 3.8) is 0 Å². The highest BCUT2D eigenvalue weighted by Gasteiger charge is 2.72. The van der Waals surface area contributed by atoms with Gasteiger partial charge in [0.05, 0.1) is 19.3 Å². The maximum atomic E-state index is 13.3. The molecule has 0 radical (unpaired) electrons. The van der Waals surface area contributed by atoms with Crippen molar-refractivity contribution in [2.75, 3.05) is 12.4 Å². The Balaban J connectivity index is 1.81. The molecular formula is C17H17F2N3O3. The highest BCUT2D eigenvalue weighted by atomic mass is 19.3. The minimum absolute atomic E-state index is 0.0423. The summed E-state index contributed by atoms with van der Waals surface area (Å²) < 4.78 is 33.0. The second-order valence-corrected chi connectivity index (χ2v) is 6.19. The number of nitrogens with zero attached hydrogens (tertiary/aromatic N) is 2. The van der Waals surface area contributed by atoms with Crippen LogP contribution >= 0.6 is 0 Å². The normalized spacial score (nSPS) is 20.8. The SMILES string of the molecule is COc1cccc(Cn2cccc(NC(=O)C3(C)CC3(F)F)c2=O)n1. The van der Waals surface area contributed by atoms with Gasteiger partial charge in [0.2, 0.25) is 11.8 Å². The summed E-state index contributed by atoms with van der Waals surface area (Å²) >= 11 is 0. The number of pyridine rings is 2. The van der Waals surface area contributed by atoms with Gasteiger partial charge in [0, 0.05) is 18.7 Å². The summed E-state index contributed by atoms with van der Waals surface area (Å²) in [4.78, 5) is 28.7. The first-order valence-corrected chi connectivity index (χ1v) is 7.65. The van der Waals surface area contributed by atoms with Crippen molar-refractivity contribution in [3.8, 4) is 5.88 Å². The highest BCUT2D eigenvalue weighted by Crippen LogP contribution is 2.60. The summed E-state index contributed by atoms with van der Waals surface area (Å²) in [5, 5.41) is 2.32. The summed E-state index contributed by atoms with van der Waals surface area (Å²) in [7, 11) is 1.49. The van der Waals surface area contributed by atoms with Crippen LogP contribution < -0.4 is 15.6 Å². The van der Waals surface area contributed by atoms with Crippen LogP contribution in [-0.4, -0.2) is 28.5 Å². The number of nitrogens with one attached hydrogen (secondary N) is 1. The number of ether oxygens (including phenoxy) is 1. The van der Waals surface area contributed by atoms with E-state index in [0.717, 1.165) is 0 Å². The molecule has 25 heavy (non-hydrogen) atoms. The Labute approximate surface area is 142 Å². The van der Waals surface area contributed by atoms with Gasteiger partial charge in [-0.25, -0.2) is 13.8 Å². The number of carbonyl (C=O) groups excluding carboxylic acids is 1. The third-order valence-electron chi connectivity index (χ3n) is 4.35. The van der Waals surface area contributed by atoms with Crippen LogP contribution in [0.1, 0.15) is 19.0 Å². The number of amides is 1. The largest absolute Gasteiger partial charge is 0.481 e. The Hall–Kier alpha value is -2.77. The third kappa shape index (κ3) is 3.11. The Morgan fingerprint density at radius 2 is 2.08 bits per heavy atom. The van der Waals surface area contributed by atoms with Gasteiger partial charge in [-0.05, 0) is 25.1 Å². The van der Waals surface area contributed by atoms with Crippen LogP contribution in [0.2, 0.25) is 0 Å². The van der Waals surface area contributed by atoms with E-state index in [1.54, 1.807) is 24.3 Å². The average Bonchev–Trinajstić information content (AvgIpc) is 3.11. The number of aromatic nitrogens is 2. The molecule has 8 heteroatoms. The molecule has 1 atom stereocenters. The lowest BCUT2D eigenvalue weighted by Gasteiger charge is -2.12. The molecule has 2 aromatic rings. The Bertz CT molecular complexity index is 881. The van der Waals surface area contributed by atoms with Crippen LogP contribution in [0.5, 0.6) is 5.88 Å². The molecule has 1 aliphatic carbocycles. The predicted molar refractivity (Wildman–Crippen MR) is 86.9 cm³/mol. The van der Waals surface area contributed by atoms with Gasteiger partial charge in [-0.3, -0.25) is 9.59 Å². The minimum Gasteiger partial charge on any atom is -0.481 e. The molecule has 0 saturated heterocycles. The lowest BCUT2D eigenvalue weighted by Crippen LogP contribution is -2.31. The maximum Gasteiger partial charge on any atom is 0.274 e. The van der Waals surface area contributed by atoms with E-state index in [-0.39, 0.29) is 12.2 Å². The van der Waals surface area contributed by atoms with E-state index in [2.05, 4.69) is 10.3 Å². The van der Waals surface area contributed by atoms with E-state index in [4.69, 9.17) is 4.74 Å². The molecule has 1 aliphatic rings. The number of anilines is 1. The number of carbonyl (C=O) groups is 1. The van der Waals surface area contributed by atoms with E-state index in [0.29, 0.717) is 11.6 Å². The van der Waals surface area contributed by atoms with Crippen LogP contribution in [0, 0.1) is 5.41 Å². The zero-order valence-electron chi connectivity index (χ0n) is 13.8. The monoisotopic (exact) mass is 349 g/mol. The van der Waals surface area contributed by atoms with E-state index in [1.165, 1.54) is 30.9 Å². The number of halogens is 2. The van der Waals surface area contributed by atoms with Crippen molar-refractivity contribution in [2.45, 2.75) is 25.8 Å². The van der Waals surface area contributed by atoms with Crippen LogP contribution in [0.3, 0.4) is 0 Å². The Morgan fingerprint density at radius 3 is 2.72 bits per heavy atom. The Morgan fingerprint density at radius 1 is 1.36 bits per heavy atom. The van der Waals surface area contributed by atoms with Crippen molar-refractivity contribution in [2.24, 2.45) is 5.41 Å². The molecular weight excluding hydrogens is 332 g/mol. The Kier molecular flexibility index (Phi) is 4.06. The highest BCUT2D eigenvalue weighted by molar-refractivity contribution is 5.98. The number of methoxy groups -OCH3 is 1. The number of hydrogen-bond acceptors (Lipinski definition) is 4. The summed E-state index contributed by atoms with van der Waals surface area (Å²) in [6.45, 7) is 1.34. The average molecular weight is 349 g/mol. The van der Waals surface area contributed by atoms with Gasteiger partial charge < -0.3 is 14.6 Å². The van der Waals surface area contributed by atoms with Gasteiger partial charge in [-0.15, -0.1) is 0 Å². The van der Waals surface area contributed by atoms with Gasteiger partial charge in [0.1, 0.15) is 11.1 Å². The van der Waals surface area contributed by atoms with E-state index in [9.17, 15) is 18.4 Å². The topological polar surface area (TPSA) is 73.2 Å². The third-order valence-corrected chi connectivity index (χ3v) is 4.35. The lowest BCUT2D eigenvalue weighted by atomic mass is 10.1. The first-order valence-electron chi connectivity index (χ1n) is 7.65. The van der Waals surface area contributed by atoms with Gasteiger partial charge in [0.15, 0.2) is 0 Å². The quantitative estimate of drug-likeness (QED) is 0.899. The molecule has 1 saturated carbocycles. The van der Waals surface area contributed by atoms with Crippen molar-refractivity contribution >= 4 is 11.6 Å². The van der Waals surface area contributed by atoms with E-state index in [1.807, 2.05) is 0 Å². The van der Waals surface area contributed by atoms with Crippen molar-refractivity contribution in [1.82, 2.24) is 9.55 Å². The standard InChI is InChI=1S/C17H17F2N3O3/c1-16(10-17(16,18)19)15(24)21-12-6-4-8-22(14(12)23)9-11-5-3-7-13(20-11)25-2/h3-8H,9-10H2,1-2H3,(H,21,24). The summed E-state index contributed by atoms with van der Waals surface area (Å²) in [5.41, 5.74) is -1.70. The zero-order chi connectivity index (χ0) is 18.2. The molecule has 1 unspecified atom stereocenters. The maximum absolute atomic E-state index is 13.3. The number of hydrogen-bond donors (Lipinski definition) is 1. The fourth-order valence-corrected chi connectivity index (χ4v) is 2.50.